The van der Waals surface area contributed by atoms with E-state index in [-0.39, 0.29) is 29.9 Å². The van der Waals surface area contributed by atoms with E-state index in [2.05, 4.69) is 19.9 Å². The summed E-state index contributed by atoms with van der Waals surface area (Å²) < 4.78 is 32.0. The molecule has 0 atom stereocenters. The van der Waals surface area contributed by atoms with Crippen LogP contribution in [0.25, 0.3) is 0 Å². The summed E-state index contributed by atoms with van der Waals surface area (Å²) in [6.45, 7) is 2.28. The molecule has 2 aliphatic rings. The number of ether oxygens (including phenoxy) is 1. The molecule has 0 unspecified atom stereocenters. The van der Waals surface area contributed by atoms with Gasteiger partial charge in [0.2, 0.25) is 5.13 Å². The van der Waals surface area contributed by atoms with E-state index in [1.54, 1.807) is 18.0 Å². The zero-order valence-electron chi connectivity index (χ0n) is 14.1. The molecule has 0 saturated carbocycles. The molecule has 0 saturated heterocycles. The predicted octanol–water partition coefficient (Wildman–Crippen LogP) is 0.629. The van der Waals surface area contributed by atoms with Gasteiger partial charge in [-0.2, -0.15) is 0 Å². The molecule has 27 heavy (non-hydrogen) atoms. The van der Waals surface area contributed by atoms with Crippen LogP contribution in [0.3, 0.4) is 0 Å². The first-order valence-corrected chi connectivity index (χ1v) is 11.2. The number of thioether (sulfide) groups is 1. The van der Waals surface area contributed by atoms with Gasteiger partial charge in [0.1, 0.15) is 5.84 Å². The fourth-order valence-corrected chi connectivity index (χ4v) is 4.66. The first kappa shape index (κ1) is 19.5. The van der Waals surface area contributed by atoms with Gasteiger partial charge in [-0.15, -0.1) is 14.6 Å². The van der Waals surface area contributed by atoms with Gasteiger partial charge < -0.3 is 9.64 Å². The van der Waals surface area contributed by atoms with E-state index in [0.29, 0.717) is 21.7 Å². The number of fused-ring (bicyclic) bond motifs is 1. The molecule has 0 fully saturated rings. The van der Waals surface area contributed by atoms with E-state index >= 15 is 0 Å². The number of amidine groups is 1. The predicted molar refractivity (Wildman–Crippen MR) is 101 cm³/mol. The monoisotopic (exact) mass is 429 g/mol. The number of nitrogens with zero attached hydrogens (tertiary/aromatic N) is 4. The Morgan fingerprint density at radius 2 is 2.19 bits per heavy atom. The van der Waals surface area contributed by atoms with Crippen LogP contribution in [-0.4, -0.2) is 65.9 Å². The molecule has 0 spiro atoms. The van der Waals surface area contributed by atoms with Crippen LogP contribution in [0.2, 0.25) is 0 Å². The first-order chi connectivity index (χ1) is 12.9. The minimum Gasteiger partial charge on any atom is -0.465 e. The zero-order valence-corrected chi connectivity index (χ0v) is 16.6. The number of sulfonamides is 1. The van der Waals surface area contributed by atoms with Crippen molar-refractivity contribution in [3.63, 3.8) is 0 Å². The quantitative estimate of drug-likeness (QED) is 0.393. The maximum atomic E-state index is 12.4. The molecule has 0 bridgehead atoms. The summed E-state index contributed by atoms with van der Waals surface area (Å²) in [5, 5.41) is 10.7. The second-order valence-corrected chi connectivity index (χ2v) is 9.22. The van der Waals surface area contributed by atoms with Crippen molar-refractivity contribution in [2.45, 2.75) is 11.3 Å². The number of rotatable bonds is 6. The summed E-state index contributed by atoms with van der Waals surface area (Å²) in [6, 6.07) is 0. The molecule has 144 valence electrons. The highest BCUT2D eigenvalue weighted by molar-refractivity contribution is 8.01. The minimum atomic E-state index is -3.44. The highest BCUT2D eigenvalue weighted by Crippen LogP contribution is 2.26. The van der Waals surface area contributed by atoms with Crippen molar-refractivity contribution in [3.8, 4) is 0 Å². The summed E-state index contributed by atoms with van der Waals surface area (Å²) >= 11 is 2.32. The highest BCUT2D eigenvalue weighted by Gasteiger charge is 2.25. The number of anilines is 1. The number of amides is 1. The molecule has 0 aromatic carbocycles. The Morgan fingerprint density at radius 3 is 2.96 bits per heavy atom. The Labute approximate surface area is 163 Å². The number of hydrogen-bond acceptors (Lipinski definition) is 10. The van der Waals surface area contributed by atoms with Gasteiger partial charge in [0.05, 0.1) is 23.7 Å². The van der Waals surface area contributed by atoms with Gasteiger partial charge in [-0.25, -0.2) is 8.42 Å². The number of carbonyl (C=O) groups excluding carboxylic acids is 2. The standard InChI is InChI=1S/C14H15N5O5S3/c1-2-24-11(20)8-25-14-17-16-13(26-14)15-12(21)9-3-4-10-18-27(22,23)6-5-19(10)7-9/h3-4,7H,2,5-6,8H2,1H3,(H,15,16,21). The van der Waals surface area contributed by atoms with E-state index in [1.807, 2.05) is 0 Å². The van der Waals surface area contributed by atoms with E-state index < -0.39 is 15.9 Å². The van der Waals surface area contributed by atoms with E-state index in [1.165, 1.54) is 23.9 Å². The molecular weight excluding hydrogens is 414 g/mol. The average molecular weight is 430 g/mol. The van der Waals surface area contributed by atoms with Crippen LogP contribution in [0.1, 0.15) is 6.92 Å². The van der Waals surface area contributed by atoms with Crippen LogP contribution in [-0.2, 0) is 24.3 Å². The van der Waals surface area contributed by atoms with Crippen LogP contribution >= 0.6 is 23.1 Å². The Morgan fingerprint density at radius 1 is 1.37 bits per heavy atom. The lowest BCUT2D eigenvalue weighted by Crippen LogP contribution is -2.37. The van der Waals surface area contributed by atoms with Crippen molar-refractivity contribution in [3.05, 3.63) is 23.9 Å². The highest BCUT2D eigenvalue weighted by atomic mass is 32.2. The molecule has 1 aromatic heterocycles. The largest absolute Gasteiger partial charge is 0.465 e. The Hall–Kier alpha value is -2.25. The summed E-state index contributed by atoms with van der Waals surface area (Å²) in [7, 11) is -3.44. The van der Waals surface area contributed by atoms with Gasteiger partial charge >= 0.3 is 5.97 Å². The second-order valence-electron chi connectivity index (χ2n) is 5.27. The number of aromatic nitrogens is 2. The summed E-state index contributed by atoms with van der Waals surface area (Å²) in [6.07, 6.45) is 4.51. The van der Waals surface area contributed by atoms with Gasteiger partial charge in [-0.05, 0) is 19.1 Å². The van der Waals surface area contributed by atoms with Crippen molar-refractivity contribution >= 4 is 56.0 Å². The Bertz CT molecular complexity index is 950. The van der Waals surface area contributed by atoms with Crippen molar-refractivity contribution < 1.29 is 22.7 Å². The van der Waals surface area contributed by atoms with Crippen molar-refractivity contribution in [1.82, 2.24) is 15.1 Å². The normalized spacial score (nSPS) is 17.6. The minimum absolute atomic E-state index is 0.104. The maximum Gasteiger partial charge on any atom is 0.316 e. The fraction of sp³-hybridized carbons (Fsp3) is 0.357. The van der Waals surface area contributed by atoms with Crippen LogP contribution < -0.4 is 5.32 Å². The van der Waals surface area contributed by atoms with Crippen LogP contribution in [0.15, 0.2) is 32.7 Å². The molecule has 1 amide bonds. The SMILES string of the molecule is CCOC(=O)CSc1nnc(NC(=O)C2=CN3CCS(=O)(=O)N=C3C=C2)s1. The van der Waals surface area contributed by atoms with Crippen LogP contribution in [0, 0.1) is 0 Å². The van der Waals surface area contributed by atoms with Crippen LogP contribution in [0.5, 0.6) is 0 Å². The topological polar surface area (TPSA) is 131 Å². The zero-order chi connectivity index (χ0) is 19.4. The van der Waals surface area contributed by atoms with Crippen molar-refractivity contribution in [2.24, 2.45) is 4.40 Å². The third kappa shape index (κ3) is 5.14. The number of esters is 1. The van der Waals surface area contributed by atoms with Crippen molar-refractivity contribution in [1.29, 1.82) is 0 Å². The maximum absolute atomic E-state index is 12.4. The van der Waals surface area contributed by atoms with Gasteiger partial charge in [0, 0.05) is 12.7 Å². The molecule has 13 heteroatoms. The summed E-state index contributed by atoms with van der Waals surface area (Å²) in [4.78, 5) is 25.3. The molecule has 10 nitrogen and oxygen atoms in total. The molecular formula is C14H15N5O5S3. The lowest BCUT2D eigenvalue weighted by Gasteiger charge is -2.26. The fourth-order valence-electron chi connectivity index (χ4n) is 2.15. The van der Waals surface area contributed by atoms with E-state index in [4.69, 9.17) is 4.74 Å². The molecule has 3 rings (SSSR count). The molecule has 0 radical (unpaired) electrons. The van der Waals surface area contributed by atoms with E-state index in [0.717, 1.165) is 11.3 Å². The first-order valence-electron chi connectivity index (χ1n) is 7.79. The lowest BCUT2D eigenvalue weighted by atomic mass is 10.2. The Balaban J connectivity index is 1.60. The summed E-state index contributed by atoms with van der Waals surface area (Å²) in [5.41, 5.74) is 0.337. The molecule has 0 aliphatic carbocycles. The average Bonchev–Trinajstić information content (AvgIpc) is 3.06. The number of hydrogen-bond donors (Lipinski definition) is 1. The number of nitrogens with one attached hydrogen (secondary N) is 1. The molecule has 1 N–H and O–H groups in total. The molecule has 2 aliphatic heterocycles. The summed E-state index contributed by atoms with van der Waals surface area (Å²) in [5.74, 6) is -0.456. The second kappa shape index (κ2) is 8.19. The van der Waals surface area contributed by atoms with Gasteiger partial charge in [-0.3, -0.25) is 14.9 Å². The number of carbonyl (C=O) groups is 2. The Kier molecular flexibility index (Phi) is 5.92. The smallest absolute Gasteiger partial charge is 0.316 e. The van der Waals surface area contributed by atoms with Gasteiger partial charge in [-0.1, -0.05) is 23.1 Å². The molecule has 3 heterocycles. The van der Waals surface area contributed by atoms with Crippen LogP contribution in [0.4, 0.5) is 5.13 Å². The van der Waals surface area contributed by atoms with Gasteiger partial charge in [0.25, 0.3) is 15.9 Å². The third-order valence-corrected chi connectivity index (χ3v) is 6.44. The lowest BCUT2D eigenvalue weighted by molar-refractivity contribution is -0.139. The third-order valence-electron chi connectivity index (χ3n) is 3.33. The van der Waals surface area contributed by atoms with Gasteiger partial charge in [0.15, 0.2) is 4.34 Å². The van der Waals surface area contributed by atoms with E-state index in [9.17, 15) is 18.0 Å². The van der Waals surface area contributed by atoms with Crippen molar-refractivity contribution in [2.75, 3.05) is 30.0 Å². The molecule has 1 aromatic rings.